The fourth-order valence-corrected chi connectivity index (χ4v) is 1.73. The van der Waals surface area contributed by atoms with E-state index in [0.717, 1.165) is 12.0 Å². The lowest BCUT2D eigenvalue weighted by Gasteiger charge is -2.19. The summed E-state index contributed by atoms with van der Waals surface area (Å²) in [4.78, 5) is 11.6. The van der Waals surface area contributed by atoms with Crippen molar-refractivity contribution < 1.29 is 9.53 Å². The molecule has 0 atom stereocenters. The van der Waals surface area contributed by atoms with Crippen molar-refractivity contribution in [1.82, 2.24) is 0 Å². The highest BCUT2D eigenvalue weighted by Crippen LogP contribution is 2.22. The third kappa shape index (κ3) is 5.67. The quantitative estimate of drug-likeness (QED) is 0.840. The second-order valence-electron chi connectivity index (χ2n) is 5.14. The maximum absolute atomic E-state index is 11.6. The Morgan fingerprint density at radius 2 is 2.16 bits per heavy atom. The predicted molar refractivity (Wildman–Crippen MR) is 78.5 cm³/mol. The zero-order valence-electron chi connectivity index (χ0n) is 11.4. The number of nitrogens with one attached hydrogen (secondary N) is 1. The van der Waals surface area contributed by atoms with Crippen molar-refractivity contribution in [2.24, 2.45) is 0 Å². The van der Waals surface area contributed by atoms with E-state index in [1.807, 2.05) is 26.8 Å². The van der Waals surface area contributed by atoms with Crippen molar-refractivity contribution in [2.45, 2.75) is 39.2 Å². The van der Waals surface area contributed by atoms with E-state index >= 15 is 0 Å². The lowest BCUT2D eigenvalue weighted by atomic mass is 10.1. The summed E-state index contributed by atoms with van der Waals surface area (Å²) >= 11 is 6.12. The molecular weight excluding hydrogens is 262 g/mol. The van der Waals surface area contributed by atoms with Gasteiger partial charge >= 0.3 is 6.09 Å². The van der Waals surface area contributed by atoms with E-state index in [9.17, 15) is 4.79 Å². The van der Waals surface area contributed by atoms with Crippen LogP contribution in [0.5, 0.6) is 0 Å². The molecule has 0 spiro atoms. The molecule has 0 saturated heterocycles. The summed E-state index contributed by atoms with van der Waals surface area (Å²) in [6.07, 6.45) is 6.08. The SMILES string of the molecule is C#CCCc1ccc(NC(=O)OC(C)(C)C)cc1Cl. The number of benzene rings is 1. The Balaban J connectivity index is 2.69. The summed E-state index contributed by atoms with van der Waals surface area (Å²) in [6, 6.07) is 5.32. The summed E-state index contributed by atoms with van der Waals surface area (Å²) in [5.41, 5.74) is 1.04. The van der Waals surface area contributed by atoms with Crippen molar-refractivity contribution >= 4 is 23.4 Å². The Kier molecular flexibility index (Phi) is 5.26. The van der Waals surface area contributed by atoms with Crippen LogP contribution in [0.3, 0.4) is 0 Å². The highest BCUT2D eigenvalue weighted by Gasteiger charge is 2.16. The highest BCUT2D eigenvalue weighted by atomic mass is 35.5. The van der Waals surface area contributed by atoms with Crippen LogP contribution < -0.4 is 5.32 Å². The highest BCUT2D eigenvalue weighted by molar-refractivity contribution is 6.31. The predicted octanol–water partition coefficient (Wildman–Crippen LogP) is 4.25. The zero-order chi connectivity index (χ0) is 14.5. The van der Waals surface area contributed by atoms with Gasteiger partial charge in [0.15, 0.2) is 0 Å². The number of terminal acetylenes is 1. The first kappa shape index (κ1) is 15.4. The van der Waals surface area contributed by atoms with Crippen LogP contribution in [0.25, 0.3) is 0 Å². The maximum Gasteiger partial charge on any atom is 0.412 e. The molecule has 4 heteroatoms. The molecule has 0 bridgehead atoms. The topological polar surface area (TPSA) is 38.3 Å². The van der Waals surface area contributed by atoms with Crippen LogP contribution in [0.1, 0.15) is 32.8 Å². The number of hydrogen-bond acceptors (Lipinski definition) is 2. The molecule has 0 aromatic heterocycles. The van der Waals surface area contributed by atoms with Crippen molar-refractivity contribution in [2.75, 3.05) is 5.32 Å². The Hall–Kier alpha value is -1.66. The number of ether oxygens (including phenoxy) is 1. The van der Waals surface area contributed by atoms with Gasteiger partial charge in [0.05, 0.1) is 0 Å². The molecule has 1 amide bonds. The molecule has 102 valence electrons. The van der Waals surface area contributed by atoms with Crippen molar-refractivity contribution in [1.29, 1.82) is 0 Å². The Labute approximate surface area is 119 Å². The van der Waals surface area contributed by atoms with Gasteiger partial charge in [0.1, 0.15) is 5.60 Å². The van der Waals surface area contributed by atoms with Gasteiger partial charge in [-0.05, 0) is 44.9 Å². The molecule has 1 rings (SSSR count). The number of amides is 1. The summed E-state index contributed by atoms with van der Waals surface area (Å²) in [5.74, 6) is 2.57. The van der Waals surface area contributed by atoms with Crippen LogP contribution in [-0.4, -0.2) is 11.7 Å². The molecule has 0 aliphatic rings. The number of carbonyl (C=O) groups excluding carboxylic acids is 1. The zero-order valence-corrected chi connectivity index (χ0v) is 12.2. The van der Waals surface area contributed by atoms with Crippen LogP contribution in [-0.2, 0) is 11.2 Å². The first-order valence-corrected chi connectivity index (χ1v) is 6.41. The first-order valence-electron chi connectivity index (χ1n) is 6.04. The molecule has 0 fully saturated rings. The number of anilines is 1. The third-order valence-corrected chi connectivity index (χ3v) is 2.59. The van der Waals surface area contributed by atoms with E-state index in [4.69, 9.17) is 22.8 Å². The summed E-state index contributed by atoms with van der Waals surface area (Å²) in [6.45, 7) is 5.42. The largest absolute Gasteiger partial charge is 0.444 e. The molecule has 19 heavy (non-hydrogen) atoms. The molecule has 1 N–H and O–H groups in total. The van der Waals surface area contributed by atoms with E-state index in [1.54, 1.807) is 12.1 Å². The van der Waals surface area contributed by atoms with E-state index in [2.05, 4.69) is 11.2 Å². The molecule has 0 radical (unpaired) electrons. The van der Waals surface area contributed by atoms with Gasteiger partial charge in [-0.15, -0.1) is 12.3 Å². The van der Waals surface area contributed by atoms with Gasteiger partial charge in [-0.25, -0.2) is 4.79 Å². The van der Waals surface area contributed by atoms with Crippen LogP contribution in [0.15, 0.2) is 18.2 Å². The fourth-order valence-electron chi connectivity index (χ4n) is 1.46. The monoisotopic (exact) mass is 279 g/mol. The Morgan fingerprint density at radius 1 is 1.47 bits per heavy atom. The van der Waals surface area contributed by atoms with Gasteiger partial charge in [-0.1, -0.05) is 17.7 Å². The van der Waals surface area contributed by atoms with Gasteiger partial charge in [-0.3, -0.25) is 5.32 Å². The second-order valence-corrected chi connectivity index (χ2v) is 5.54. The number of carbonyl (C=O) groups is 1. The van der Waals surface area contributed by atoms with E-state index in [-0.39, 0.29) is 0 Å². The number of rotatable bonds is 3. The summed E-state index contributed by atoms with van der Waals surface area (Å²) in [7, 11) is 0. The maximum atomic E-state index is 11.6. The number of aryl methyl sites for hydroxylation is 1. The van der Waals surface area contributed by atoms with Crippen molar-refractivity contribution in [3.8, 4) is 12.3 Å². The van der Waals surface area contributed by atoms with E-state index in [0.29, 0.717) is 17.1 Å². The molecule has 1 aromatic carbocycles. The van der Waals surface area contributed by atoms with Crippen LogP contribution in [0.4, 0.5) is 10.5 Å². The Bertz CT molecular complexity index is 498. The smallest absolute Gasteiger partial charge is 0.412 e. The van der Waals surface area contributed by atoms with Crippen LogP contribution in [0.2, 0.25) is 5.02 Å². The fraction of sp³-hybridized carbons (Fsp3) is 0.400. The molecule has 0 saturated carbocycles. The standard InChI is InChI=1S/C15H18ClNO2/c1-5-6-7-11-8-9-12(10-13(11)16)17-14(18)19-15(2,3)4/h1,8-10H,6-7H2,2-4H3,(H,17,18). The van der Waals surface area contributed by atoms with Gasteiger partial charge in [0.25, 0.3) is 0 Å². The Morgan fingerprint density at radius 3 is 2.68 bits per heavy atom. The van der Waals surface area contributed by atoms with Crippen molar-refractivity contribution in [3.05, 3.63) is 28.8 Å². The molecular formula is C15H18ClNO2. The number of hydrogen-bond donors (Lipinski definition) is 1. The lowest BCUT2D eigenvalue weighted by molar-refractivity contribution is 0.0636. The third-order valence-electron chi connectivity index (χ3n) is 2.24. The summed E-state index contributed by atoms with van der Waals surface area (Å²) < 4.78 is 5.16. The van der Waals surface area contributed by atoms with Gasteiger partial charge in [0.2, 0.25) is 0 Å². The average molecular weight is 280 g/mol. The van der Waals surface area contributed by atoms with Crippen LogP contribution in [0, 0.1) is 12.3 Å². The normalized spacial score (nSPS) is 10.7. The van der Waals surface area contributed by atoms with Gasteiger partial charge in [-0.2, -0.15) is 0 Å². The molecule has 0 aliphatic heterocycles. The lowest BCUT2D eigenvalue weighted by Crippen LogP contribution is -2.27. The van der Waals surface area contributed by atoms with E-state index in [1.165, 1.54) is 0 Å². The van der Waals surface area contributed by atoms with Crippen LogP contribution >= 0.6 is 11.6 Å². The number of halogens is 1. The van der Waals surface area contributed by atoms with E-state index < -0.39 is 11.7 Å². The average Bonchev–Trinajstić information content (AvgIpc) is 2.25. The molecule has 3 nitrogen and oxygen atoms in total. The minimum absolute atomic E-state index is 0.500. The minimum Gasteiger partial charge on any atom is -0.444 e. The van der Waals surface area contributed by atoms with Gasteiger partial charge in [0, 0.05) is 17.1 Å². The first-order chi connectivity index (χ1) is 8.81. The van der Waals surface area contributed by atoms with Crippen molar-refractivity contribution in [3.63, 3.8) is 0 Å². The molecule has 1 aromatic rings. The molecule has 0 heterocycles. The minimum atomic E-state index is -0.527. The summed E-state index contributed by atoms with van der Waals surface area (Å²) in [5, 5.41) is 3.22. The molecule has 0 aliphatic carbocycles. The molecule has 0 unspecified atom stereocenters. The van der Waals surface area contributed by atoms with Gasteiger partial charge < -0.3 is 4.74 Å². The second kappa shape index (κ2) is 6.49.